The number of pyridine rings is 2. The molecule has 0 aliphatic rings. The molecule has 30 heavy (non-hydrogen) atoms. The van der Waals surface area contributed by atoms with E-state index in [1.165, 1.54) is 22.3 Å². The van der Waals surface area contributed by atoms with E-state index in [1.54, 1.807) is 0 Å². The zero-order valence-electron chi connectivity index (χ0n) is 16.6. The minimum Gasteiger partial charge on any atom is -1.00 e. The van der Waals surface area contributed by atoms with Crippen LogP contribution in [0.15, 0.2) is 122 Å². The maximum absolute atomic E-state index is 4.01. The summed E-state index contributed by atoms with van der Waals surface area (Å²) in [5.74, 6) is 0. The van der Waals surface area contributed by atoms with Crippen LogP contribution >= 0.6 is 0 Å². The highest BCUT2D eigenvalue weighted by Crippen LogP contribution is 2.18. The molecular weight excluding hydrogens is 411 g/mol. The molecule has 2 aromatic heterocycles. The summed E-state index contributed by atoms with van der Waals surface area (Å²) in [5, 5.41) is 0. The average Bonchev–Trinajstić information content (AvgIpc) is 2.77. The summed E-state index contributed by atoms with van der Waals surface area (Å²) in [6, 6.07) is 29.8. The van der Waals surface area contributed by atoms with Crippen molar-refractivity contribution in [2.45, 2.75) is 12.6 Å². The van der Waals surface area contributed by atoms with Crippen LogP contribution in [-0.4, -0.2) is 0 Å². The number of aromatic nitrogens is 2. The summed E-state index contributed by atoms with van der Waals surface area (Å²) < 4.78 is 4.38. The van der Waals surface area contributed by atoms with E-state index in [0.717, 1.165) is 6.54 Å². The van der Waals surface area contributed by atoms with Gasteiger partial charge in [0.1, 0.15) is 0 Å². The van der Waals surface area contributed by atoms with Gasteiger partial charge in [0.2, 0.25) is 6.04 Å². The standard InChI is InChI=1S/C26H24N2.2ClH/c1-2-26(25-11-7-4-8-12-25)28-19-15-24(16-20-28)23-13-17-27(18-14-23)21-22-9-5-3-6-10-22;;/h2-20,26H,1,21H2;2*1H/q+2;;/p-2. The second kappa shape index (κ2) is 11.3. The molecule has 0 spiro atoms. The van der Waals surface area contributed by atoms with Gasteiger partial charge in [0.15, 0.2) is 31.3 Å². The first kappa shape index (κ1) is 23.3. The lowest BCUT2D eigenvalue weighted by Gasteiger charge is -2.09. The Morgan fingerprint density at radius 3 is 1.70 bits per heavy atom. The fraction of sp³-hybridized carbons (Fsp3) is 0.0769. The fourth-order valence-corrected chi connectivity index (χ4v) is 3.45. The summed E-state index contributed by atoms with van der Waals surface area (Å²) in [5.41, 5.74) is 4.96. The molecule has 2 aromatic carbocycles. The topological polar surface area (TPSA) is 7.76 Å². The molecule has 2 nitrogen and oxygen atoms in total. The highest BCUT2D eigenvalue weighted by atomic mass is 35.5. The molecule has 0 aliphatic heterocycles. The molecule has 0 bridgehead atoms. The molecule has 0 amide bonds. The Morgan fingerprint density at radius 2 is 1.17 bits per heavy atom. The van der Waals surface area contributed by atoms with Crippen molar-refractivity contribution < 1.29 is 33.9 Å². The molecule has 0 radical (unpaired) electrons. The van der Waals surface area contributed by atoms with E-state index in [4.69, 9.17) is 0 Å². The Labute approximate surface area is 191 Å². The number of hydrogen-bond donors (Lipinski definition) is 0. The molecule has 4 heteroatoms. The molecule has 0 aliphatic carbocycles. The van der Waals surface area contributed by atoms with Crippen molar-refractivity contribution in [3.63, 3.8) is 0 Å². The van der Waals surface area contributed by atoms with Gasteiger partial charge in [0, 0.05) is 35.4 Å². The lowest BCUT2D eigenvalue weighted by Crippen LogP contribution is -3.00. The maximum atomic E-state index is 4.01. The Balaban J connectivity index is 0.00000160. The van der Waals surface area contributed by atoms with Gasteiger partial charge in [-0.1, -0.05) is 67.2 Å². The van der Waals surface area contributed by atoms with E-state index in [0.29, 0.717) is 0 Å². The number of halogens is 2. The van der Waals surface area contributed by atoms with Crippen LogP contribution in [0.4, 0.5) is 0 Å². The Kier molecular flexibility index (Phi) is 8.79. The lowest BCUT2D eigenvalue weighted by molar-refractivity contribution is -0.703. The molecule has 0 saturated carbocycles. The summed E-state index contributed by atoms with van der Waals surface area (Å²) in [4.78, 5) is 0. The van der Waals surface area contributed by atoms with Gasteiger partial charge in [0.05, 0.1) is 0 Å². The van der Waals surface area contributed by atoms with Crippen molar-refractivity contribution in [2.75, 3.05) is 0 Å². The first-order chi connectivity index (χ1) is 13.8. The predicted molar refractivity (Wildman–Crippen MR) is 113 cm³/mol. The van der Waals surface area contributed by atoms with Gasteiger partial charge in [-0.2, -0.15) is 4.57 Å². The van der Waals surface area contributed by atoms with Gasteiger partial charge in [-0.25, -0.2) is 4.57 Å². The van der Waals surface area contributed by atoms with E-state index in [1.807, 2.05) is 18.2 Å². The van der Waals surface area contributed by atoms with Crippen LogP contribution in [0.25, 0.3) is 11.1 Å². The second-order valence-corrected chi connectivity index (χ2v) is 6.87. The minimum atomic E-state index is 0. The molecule has 2 heterocycles. The first-order valence-corrected chi connectivity index (χ1v) is 9.55. The van der Waals surface area contributed by atoms with Gasteiger partial charge in [-0.3, -0.25) is 0 Å². The van der Waals surface area contributed by atoms with Crippen LogP contribution in [0.3, 0.4) is 0 Å². The van der Waals surface area contributed by atoms with Crippen LogP contribution in [0, 0.1) is 0 Å². The third-order valence-electron chi connectivity index (χ3n) is 4.97. The van der Waals surface area contributed by atoms with Gasteiger partial charge >= 0.3 is 0 Å². The number of allylic oxidation sites excluding steroid dienone is 1. The molecule has 0 fully saturated rings. The van der Waals surface area contributed by atoms with Gasteiger partial charge < -0.3 is 24.8 Å². The number of rotatable bonds is 6. The summed E-state index contributed by atoms with van der Waals surface area (Å²) in [6.07, 6.45) is 10.5. The quantitative estimate of drug-likeness (QED) is 0.265. The molecule has 152 valence electrons. The van der Waals surface area contributed by atoms with Crippen molar-refractivity contribution >= 4 is 0 Å². The molecule has 4 aromatic rings. The van der Waals surface area contributed by atoms with Gasteiger partial charge in [-0.05, 0) is 17.2 Å². The molecule has 4 rings (SSSR count). The van der Waals surface area contributed by atoms with E-state index < -0.39 is 0 Å². The SMILES string of the molecule is C=CC(c1ccccc1)[n+]1ccc(-c2cc[n+](Cc3ccccc3)cc2)cc1.[Cl-].[Cl-]. The third kappa shape index (κ3) is 5.56. The zero-order valence-corrected chi connectivity index (χ0v) is 18.1. The molecular formula is C26H24Cl2N2. The second-order valence-electron chi connectivity index (χ2n) is 6.87. The molecule has 1 unspecified atom stereocenters. The van der Waals surface area contributed by atoms with Crippen LogP contribution in [-0.2, 0) is 6.54 Å². The van der Waals surface area contributed by atoms with Crippen molar-refractivity contribution in [3.05, 3.63) is 133 Å². The molecule has 0 N–H and O–H groups in total. The Morgan fingerprint density at radius 1 is 0.667 bits per heavy atom. The molecule has 1 atom stereocenters. The number of nitrogens with zero attached hydrogens (tertiary/aromatic N) is 2. The summed E-state index contributed by atoms with van der Waals surface area (Å²) >= 11 is 0. The summed E-state index contributed by atoms with van der Waals surface area (Å²) in [6.45, 7) is 4.90. The van der Waals surface area contributed by atoms with Crippen molar-refractivity contribution in [1.29, 1.82) is 0 Å². The van der Waals surface area contributed by atoms with Gasteiger partial charge in [-0.15, -0.1) is 0 Å². The Bertz CT molecular complexity index is 1030. The predicted octanol–water partition coefficient (Wildman–Crippen LogP) is -1.24. The van der Waals surface area contributed by atoms with E-state index in [9.17, 15) is 0 Å². The lowest BCUT2D eigenvalue weighted by atomic mass is 10.1. The zero-order chi connectivity index (χ0) is 19.2. The fourth-order valence-electron chi connectivity index (χ4n) is 3.45. The Hall–Kier alpha value is -2.94. The van der Waals surface area contributed by atoms with Crippen LogP contribution < -0.4 is 33.9 Å². The van der Waals surface area contributed by atoms with Gasteiger partial charge in [0.25, 0.3) is 0 Å². The van der Waals surface area contributed by atoms with Crippen LogP contribution in [0.5, 0.6) is 0 Å². The normalized spacial score (nSPS) is 10.9. The number of benzene rings is 2. The minimum absolute atomic E-state index is 0. The third-order valence-corrected chi connectivity index (χ3v) is 4.97. The van der Waals surface area contributed by atoms with Crippen molar-refractivity contribution in [3.8, 4) is 11.1 Å². The smallest absolute Gasteiger partial charge is 0.201 e. The highest BCUT2D eigenvalue weighted by molar-refractivity contribution is 5.61. The maximum Gasteiger partial charge on any atom is 0.201 e. The first-order valence-electron chi connectivity index (χ1n) is 9.55. The highest BCUT2D eigenvalue weighted by Gasteiger charge is 2.16. The van der Waals surface area contributed by atoms with E-state index in [2.05, 4.69) is 113 Å². The molecule has 0 saturated heterocycles. The van der Waals surface area contributed by atoms with Crippen molar-refractivity contribution in [2.24, 2.45) is 0 Å². The van der Waals surface area contributed by atoms with E-state index >= 15 is 0 Å². The van der Waals surface area contributed by atoms with E-state index in [-0.39, 0.29) is 30.9 Å². The average molecular weight is 435 g/mol. The summed E-state index contributed by atoms with van der Waals surface area (Å²) in [7, 11) is 0. The van der Waals surface area contributed by atoms with Crippen molar-refractivity contribution in [1.82, 2.24) is 0 Å². The number of hydrogen-bond acceptors (Lipinski definition) is 0. The van der Waals surface area contributed by atoms with Crippen LogP contribution in [0.2, 0.25) is 0 Å². The monoisotopic (exact) mass is 434 g/mol. The largest absolute Gasteiger partial charge is 1.00 e. The van der Waals surface area contributed by atoms with Crippen LogP contribution in [0.1, 0.15) is 17.2 Å².